The molecule has 0 saturated carbocycles. The van der Waals surface area contributed by atoms with Crippen molar-refractivity contribution in [2.75, 3.05) is 13.2 Å². The second-order valence-corrected chi connectivity index (χ2v) is 3.97. The average Bonchev–Trinajstić information content (AvgIpc) is 2.23. The van der Waals surface area contributed by atoms with Crippen LogP contribution in [-0.4, -0.2) is 42.3 Å². The summed E-state index contributed by atoms with van der Waals surface area (Å²) in [6.45, 7) is 5.05. The summed E-state index contributed by atoms with van der Waals surface area (Å²) >= 11 is 0. The van der Waals surface area contributed by atoms with Crippen molar-refractivity contribution in [1.82, 2.24) is 10.6 Å². The van der Waals surface area contributed by atoms with Gasteiger partial charge in [0.2, 0.25) is 5.91 Å². The number of hydrogen-bond acceptors (Lipinski definition) is 4. The number of ether oxygens (including phenoxy) is 1. The molecule has 0 saturated heterocycles. The molecule has 0 bridgehead atoms. The number of carboxylic acid groups (broad SMARTS) is 1. The van der Waals surface area contributed by atoms with Crippen LogP contribution in [0.25, 0.3) is 0 Å². The number of amides is 2. The number of nitrogens with one attached hydrogen (secondary N) is 2. The third kappa shape index (κ3) is 8.06. The van der Waals surface area contributed by atoms with Crippen molar-refractivity contribution in [3.05, 3.63) is 0 Å². The molecule has 7 nitrogen and oxygen atoms in total. The maximum Gasteiger partial charge on any atom is 0.407 e. The molecule has 0 aliphatic rings. The highest BCUT2D eigenvalue weighted by Gasteiger charge is 2.14. The molecule has 0 radical (unpaired) electrons. The minimum atomic E-state index is -1.14. The number of rotatable bonds is 6. The lowest BCUT2D eigenvalue weighted by Gasteiger charge is -2.11. The fourth-order valence-electron chi connectivity index (χ4n) is 0.800. The van der Waals surface area contributed by atoms with E-state index in [1.54, 1.807) is 0 Å². The zero-order valence-corrected chi connectivity index (χ0v) is 10.1. The monoisotopic (exact) mass is 246 g/mol. The summed E-state index contributed by atoms with van der Waals surface area (Å²) in [4.78, 5) is 32.6. The third-order valence-corrected chi connectivity index (χ3v) is 1.69. The van der Waals surface area contributed by atoms with Crippen LogP contribution in [0.4, 0.5) is 4.79 Å². The standard InChI is InChI=1S/C10H18N2O5/c1-6(2)5-17-10(16)11-4-8(13)12-7(3)9(14)15/h6-7H,4-5H2,1-3H3,(H,11,16)(H,12,13)(H,14,15)/t7-/m0/s1. The van der Waals surface area contributed by atoms with Gasteiger partial charge in [-0.05, 0) is 12.8 Å². The summed E-state index contributed by atoms with van der Waals surface area (Å²) < 4.78 is 4.76. The van der Waals surface area contributed by atoms with Crippen LogP contribution in [0.5, 0.6) is 0 Å². The lowest BCUT2D eigenvalue weighted by Crippen LogP contribution is -2.44. The molecule has 0 aliphatic heterocycles. The van der Waals surface area contributed by atoms with Gasteiger partial charge in [-0.2, -0.15) is 0 Å². The Morgan fingerprint density at radius 2 is 1.82 bits per heavy atom. The summed E-state index contributed by atoms with van der Waals surface area (Å²) in [6, 6.07) is -0.990. The van der Waals surface area contributed by atoms with Gasteiger partial charge < -0.3 is 20.5 Å². The molecule has 98 valence electrons. The number of carboxylic acids is 1. The molecule has 0 spiro atoms. The number of carbonyl (C=O) groups excluding carboxylic acids is 2. The van der Waals surface area contributed by atoms with E-state index in [1.807, 2.05) is 13.8 Å². The maximum atomic E-state index is 11.2. The van der Waals surface area contributed by atoms with Crippen LogP contribution in [0.3, 0.4) is 0 Å². The first-order chi connectivity index (χ1) is 7.82. The van der Waals surface area contributed by atoms with E-state index in [-0.39, 0.29) is 19.1 Å². The van der Waals surface area contributed by atoms with Crippen LogP contribution in [0.15, 0.2) is 0 Å². The van der Waals surface area contributed by atoms with E-state index < -0.39 is 24.0 Å². The summed E-state index contributed by atoms with van der Waals surface area (Å²) in [5, 5.41) is 12.9. The SMILES string of the molecule is CC(C)COC(=O)NCC(=O)N[C@@H](C)C(=O)O. The Labute approximate surface area is 99.5 Å². The van der Waals surface area contributed by atoms with Crippen molar-refractivity contribution in [1.29, 1.82) is 0 Å². The molecular formula is C10H18N2O5. The van der Waals surface area contributed by atoms with Gasteiger partial charge in [-0.1, -0.05) is 13.8 Å². The maximum absolute atomic E-state index is 11.2. The molecule has 0 aliphatic carbocycles. The van der Waals surface area contributed by atoms with Gasteiger partial charge in [0.1, 0.15) is 12.6 Å². The van der Waals surface area contributed by atoms with Crippen molar-refractivity contribution in [3.63, 3.8) is 0 Å². The summed E-state index contributed by atoms with van der Waals surface area (Å²) in [7, 11) is 0. The molecular weight excluding hydrogens is 228 g/mol. The van der Waals surface area contributed by atoms with Gasteiger partial charge in [-0.3, -0.25) is 9.59 Å². The van der Waals surface area contributed by atoms with E-state index in [0.29, 0.717) is 0 Å². The fraction of sp³-hybridized carbons (Fsp3) is 0.700. The van der Waals surface area contributed by atoms with Gasteiger partial charge in [0.05, 0.1) is 6.61 Å². The van der Waals surface area contributed by atoms with Gasteiger partial charge in [-0.15, -0.1) is 0 Å². The van der Waals surface area contributed by atoms with Crippen molar-refractivity contribution in [2.45, 2.75) is 26.8 Å². The smallest absolute Gasteiger partial charge is 0.407 e. The number of carbonyl (C=O) groups is 3. The van der Waals surface area contributed by atoms with Gasteiger partial charge in [-0.25, -0.2) is 4.79 Å². The Bertz CT molecular complexity index is 290. The first-order valence-corrected chi connectivity index (χ1v) is 5.25. The van der Waals surface area contributed by atoms with Crippen molar-refractivity contribution >= 4 is 18.0 Å². The fourth-order valence-corrected chi connectivity index (χ4v) is 0.800. The molecule has 7 heteroatoms. The number of hydrogen-bond donors (Lipinski definition) is 3. The van der Waals surface area contributed by atoms with Crippen LogP contribution in [0.2, 0.25) is 0 Å². The zero-order valence-electron chi connectivity index (χ0n) is 10.1. The topological polar surface area (TPSA) is 105 Å². The number of alkyl carbamates (subject to hydrolysis) is 1. The summed E-state index contributed by atoms with van der Waals surface area (Å²) in [5.41, 5.74) is 0. The van der Waals surface area contributed by atoms with Gasteiger partial charge in [0.25, 0.3) is 0 Å². The predicted octanol–water partition coefficient (Wildman–Crippen LogP) is -0.0421. The van der Waals surface area contributed by atoms with Gasteiger partial charge in [0, 0.05) is 0 Å². The molecule has 3 N–H and O–H groups in total. The van der Waals surface area contributed by atoms with E-state index in [2.05, 4.69) is 10.6 Å². The highest BCUT2D eigenvalue weighted by Crippen LogP contribution is 1.92. The van der Waals surface area contributed by atoms with Crippen LogP contribution in [0, 0.1) is 5.92 Å². The van der Waals surface area contributed by atoms with Crippen LogP contribution in [0.1, 0.15) is 20.8 Å². The van der Waals surface area contributed by atoms with Crippen molar-refractivity contribution < 1.29 is 24.2 Å². The average molecular weight is 246 g/mol. The Kier molecular flexibility index (Phi) is 6.69. The molecule has 2 amide bonds. The highest BCUT2D eigenvalue weighted by molar-refractivity contribution is 5.86. The lowest BCUT2D eigenvalue weighted by atomic mass is 10.2. The zero-order chi connectivity index (χ0) is 13.4. The molecule has 0 aromatic rings. The van der Waals surface area contributed by atoms with Gasteiger partial charge >= 0.3 is 12.1 Å². The second-order valence-electron chi connectivity index (χ2n) is 3.97. The van der Waals surface area contributed by atoms with E-state index in [0.717, 1.165) is 0 Å². The molecule has 1 atom stereocenters. The van der Waals surface area contributed by atoms with E-state index in [4.69, 9.17) is 9.84 Å². The first kappa shape index (κ1) is 15.2. The Morgan fingerprint density at radius 1 is 1.24 bits per heavy atom. The third-order valence-electron chi connectivity index (χ3n) is 1.69. The normalized spacial score (nSPS) is 11.8. The first-order valence-electron chi connectivity index (χ1n) is 5.25. The van der Waals surface area contributed by atoms with E-state index in [9.17, 15) is 14.4 Å². The van der Waals surface area contributed by atoms with Crippen LogP contribution < -0.4 is 10.6 Å². The van der Waals surface area contributed by atoms with Crippen LogP contribution >= 0.6 is 0 Å². The number of aliphatic carboxylic acids is 1. The Morgan fingerprint density at radius 3 is 2.29 bits per heavy atom. The Hall–Kier alpha value is -1.79. The minimum Gasteiger partial charge on any atom is -0.480 e. The van der Waals surface area contributed by atoms with Crippen molar-refractivity contribution in [3.8, 4) is 0 Å². The molecule has 0 aromatic heterocycles. The minimum absolute atomic E-state index is 0.210. The van der Waals surface area contributed by atoms with E-state index in [1.165, 1.54) is 6.92 Å². The van der Waals surface area contributed by atoms with Gasteiger partial charge in [0.15, 0.2) is 0 Å². The van der Waals surface area contributed by atoms with Crippen molar-refractivity contribution in [2.24, 2.45) is 5.92 Å². The molecule has 0 aromatic carbocycles. The Balaban J connectivity index is 3.77. The molecule has 17 heavy (non-hydrogen) atoms. The quantitative estimate of drug-likeness (QED) is 0.610. The lowest BCUT2D eigenvalue weighted by molar-refractivity contribution is -0.141. The summed E-state index contributed by atoms with van der Waals surface area (Å²) in [6.07, 6.45) is -0.697. The molecule has 0 unspecified atom stereocenters. The molecule has 0 fully saturated rings. The summed E-state index contributed by atoms with van der Waals surface area (Å²) in [5.74, 6) is -1.51. The second kappa shape index (κ2) is 7.48. The largest absolute Gasteiger partial charge is 0.480 e. The molecule has 0 rings (SSSR count). The molecule has 0 heterocycles. The van der Waals surface area contributed by atoms with E-state index >= 15 is 0 Å². The predicted molar refractivity (Wildman–Crippen MR) is 59.4 cm³/mol. The highest BCUT2D eigenvalue weighted by atomic mass is 16.5. The van der Waals surface area contributed by atoms with Crippen LogP contribution in [-0.2, 0) is 14.3 Å².